The van der Waals surface area contributed by atoms with E-state index in [4.69, 9.17) is 0 Å². The number of nitrogens with zero attached hydrogens (tertiary/aromatic N) is 1. The monoisotopic (exact) mass is 455 g/mol. The second kappa shape index (κ2) is 11.3. The van der Waals surface area contributed by atoms with Gasteiger partial charge in [0.2, 0.25) is 5.91 Å². The van der Waals surface area contributed by atoms with Gasteiger partial charge in [-0.1, -0.05) is 48.5 Å². The molecule has 174 valence electrons. The number of amides is 3. The Labute approximate surface area is 200 Å². The highest BCUT2D eigenvalue weighted by Crippen LogP contribution is 2.17. The molecule has 2 N–H and O–H groups in total. The molecule has 0 bridgehead atoms. The summed E-state index contributed by atoms with van der Waals surface area (Å²) in [6.45, 7) is 1.21. The molecule has 3 aromatic rings. The Morgan fingerprint density at radius 2 is 1.38 bits per heavy atom. The van der Waals surface area contributed by atoms with E-state index in [1.165, 1.54) is 0 Å². The number of likely N-dealkylation sites (tertiary alicyclic amines) is 1. The summed E-state index contributed by atoms with van der Waals surface area (Å²) < 4.78 is 0. The second-order valence-corrected chi connectivity index (χ2v) is 8.52. The number of hydrogen-bond donors (Lipinski definition) is 2. The summed E-state index contributed by atoms with van der Waals surface area (Å²) in [5.74, 6) is -0.163. The smallest absolute Gasteiger partial charge is 0.255 e. The summed E-state index contributed by atoms with van der Waals surface area (Å²) in [5, 5.41) is 5.95. The highest BCUT2D eigenvalue weighted by atomic mass is 16.2. The second-order valence-electron chi connectivity index (χ2n) is 8.52. The maximum Gasteiger partial charge on any atom is 0.255 e. The van der Waals surface area contributed by atoms with Crippen molar-refractivity contribution in [2.24, 2.45) is 0 Å². The number of piperidine rings is 1. The normalized spacial score (nSPS) is 13.8. The Hall–Kier alpha value is -3.93. The molecule has 6 nitrogen and oxygen atoms in total. The van der Waals surface area contributed by atoms with Crippen LogP contribution in [0.4, 0.5) is 5.69 Å². The first-order valence-corrected chi connectivity index (χ1v) is 11.7. The molecule has 0 unspecified atom stereocenters. The Kier molecular flexibility index (Phi) is 7.71. The van der Waals surface area contributed by atoms with Gasteiger partial charge in [0.15, 0.2) is 0 Å². The van der Waals surface area contributed by atoms with Crippen LogP contribution < -0.4 is 10.6 Å². The number of carbonyl (C=O) groups is 3. The Bertz CT molecular complexity index is 1110. The molecule has 1 aliphatic heterocycles. The van der Waals surface area contributed by atoms with Crippen molar-refractivity contribution in [2.75, 3.05) is 18.4 Å². The number of aryl methyl sites for hydroxylation is 1. The van der Waals surface area contributed by atoms with Gasteiger partial charge in [0, 0.05) is 42.4 Å². The molecular weight excluding hydrogens is 426 g/mol. The van der Waals surface area contributed by atoms with E-state index >= 15 is 0 Å². The van der Waals surface area contributed by atoms with Crippen LogP contribution in [0.2, 0.25) is 0 Å². The van der Waals surface area contributed by atoms with Crippen LogP contribution in [0.5, 0.6) is 0 Å². The van der Waals surface area contributed by atoms with E-state index in [2.05, 4.69) is 10.6 Å². The third kappa shape index (κ3) is 6.32. The summed E-state index contributed by atoms with van der Waals surface area (Å²) in [6.07, 6.45) is 2.68. The van der Waals surface area contributed by atoms with Gasteiger partial charge < -0.3 is 15.5 Å². The quantitative estimate of drug-likeness (QED) is 0.558. The first-order chi connectivity index (χ1) is 16.6. The molecule has 1 saturated heterocycles. The van der Waals surface area contributed by atoms with Crippen LogP contribution in [0.25, 0.3) is 0 Å². The van der Waals surface area contributed by atoms with Crippen LogP contribution in [0.15, 0.2) is 84.9 Å². The molecule has 1 heterocycles. The first kappa shape index (κ1) is 23.2. The predicted octanol–water partition coefficient (Wildman–Crippen LogP) is 4.29. The molecule has 0 spiro atoms. The Morgan fingerprint density at radius 3 is 2.03 bits per heavy atom. The lowest BCUT2D eigenvalue weighted by atomic mass is 10.0. The summed E-state index contributed by atoms with van der Waals surface area (Å²) in [7, 11) is 0. The zero-order valence-electron chi connectivity index (χ0n) is 19.1. The fourth-order valence-electron chi connectivity index (χ4n) is 4.10. The number of carbonyl (C=O) groups excluding carboxylic acids is 3. The van der Waals surface area contributed by atoms with Crippen molar-refractivity contribution >= 4 is 23.4 Å². The molecule has 0 aliphatic carbocycles. The lowest BCUT2D eigenvalue weighted by Gasteiger charge is -2.32. The molecule has 0 saturated carbocycles. The van der Waals surface area contributed by atoms with Gasteiger partial charge in [0.1, 0.15) is 0 Å². The lowest BCUT2D eigenvalue weighted by Crippen LogP contribution is -2.46. The molecule has 0 radical (unpaired) electrons. The van der Waals surface area contributed by atoms with Crippen LogP contribution in [-0.4, -0.2) is 41.8 Å². The Morgan fingerprint density at radius 1 is 0.765 bits per heavy atom. The number of nitrogens with one attached hydrogen (secondary N) is 2. The van der Waals surface area contributed by atoms with E-state index in [1.54, 1.807) is 36.4 Å². The van der Waals surface area contributed by atoms with Gasteiger partial charge in [-0.05, 0) is 61.2 Å². The van der Waals surface area contributed by atoms with Gasteiger partial charge in [-0.2, -0.15) is 0 Å². The van der Waals surface area contributed by atoms with Gasteiger partial charge in [-0.15, -0.1) is 0 Å². The summed E-state index contributed by atoms with van der Waals surface area (Å²) in [4.78, 5) is 39.3. The highest BCUT2D eigenvalue weighted by Gasteiger charge is 2.24. The van der Waals surface area contributed by atoms with E-state index in [-0.39, 0.29) is 23.8 Å². The number of rotatable bonds is 7. The third-order valence-corrected chi connectivity index (χ3v) is 6.06. The SMILES string of the molecule is O=C(CCc1ccccc1)NC1CCN(C(=O)c2ccc(NC(=O)c3ccccc3)cc2)CC1. The van der Waals surface area contributed by atoms with Crippen LogP contribution in [0.1, 0.15) is 45.5 Å². The number of hydrogen-bond acceptors (Lipinski definition) is 3. The van der Waals surface area contributed by atoms with E-state index in [0.29, 0.717) is 36.3 Å². The maximum atomic E-state index is 12.9. The summed E-state index contributed by atoms with van der Waals surface area (Å²) >= 11 is 0. The van der Waals surface area contributed by atoms with Gasteiger partial charge >= 0.3 is 0 Å². The van der Waals surface area contributed by atoms with Gasteiger partial charge in [0.25, 0.3) is 11.8 Å². The largest absolute Gasteiger partial charge is 0.353 e. The standard InChI is InChI=1S/C28H29N3O3/c32-26(16-11-21-7-3-1-4-8-21)29-25-17-19-31(20-18-25)28(34)23-12-14-24(15-13-23)30-27(33)22-9-5-2-6-10-22/h1-10,12-15,25H,11,16-20H2,(H,29,32)(H,30,33). The fraction of sp³-hybridized carbons (Fsp3) is 0.250. The molecule has 0 atom stereocenters. The maximum absolute atomic E-state index is 12.9. The fourth-order valence-corrected chi connectivity index (χ4v) is 4.10. The van der Waals surface area contributed by atoms with E-state index in [1.807, 2.05) is 53.4 Å². The number of anilines is 1. The zero-order chi connectivity index (χ0) is 23.8. The average Bonchev–Trinajstić information content (AvgIpc) is 2.89. The van der Waals surface area contributed by atoms with Crippen molar-refractivity contribution in [3.63, 3.8) is 0 Å². The topological polar surface area (TPSA) is 78.5 Å². The van der Waals surface area contributed by atoms with Crippen molar-refractivity contribution in [1.29, 1.82) is 0 Å². The average molecular weight is 456 g/mol. The van der Waals surface area contributed by atoms with Gasteiger partial charge in [-0.3, -0.25) is 14.4 Å². The van der Waals surface area contributed by atoms with Crippen molar-refractivity contribution in [3.05, 3.63) is 102 Å². The molecular formula is C28H29N3O3. The molecule has 3 aromatic carbocycles. The molecule has 1 aliphatic rings. The molecule has 0 aromatic heterocycles. The molecule has 4 rings (SSSR count). The van der Waals surface area contributed by atoms with Gasteiger partial charge in [0.05, 0.1) is 0 Å². The molecule has 3 amide bonds. The lowest BCUT2D eigenvalue weighted by molar-refractivity contribution is -0.122. The molecule has 6 heteroatoms. The minimum Gasteiger partial charge on any atom is -0.353 e. The first-order valence-electron chi connectivity index (χ1n) is 11.7. The third-order valence-electron chi connectivity index (χ3n) is 6.06. The van der Waals surface area contributed by atoms with Crippen LogP contribution in [0.3, 0.4) is 0 Å². The highest BCUT2D eigenvalue weighted by molar-refractivity contribution is 6.04. The van der Waals surface area contributed by atoms with E-state index in [0.717, 1.165) is 24.8 Å². The zero-order valence-corrected chi connectivity index (χ0v) is 19.1. The molecule has 34 heavy (non-hydrogen) atoms. The van der Waals surface area contributed by atoms with Crippen LogP contribution in [-0.2, 0) is 11.2 Å². The van der Waals surface area contributed by atoms with Gasteiger partial charge in [-0.25, -0.2) is 0 Å². The van der Waals surface area contributed by atoms with E-state index in [9.17, 15) is 14.4 Å². The van der Waals surface area contributed by atoms with Crippen molar-refractivity contribution in [3.8, 4) is 0 Å². The summed E-state index contributed by atoms with van der Waals surface area (Å²) in [6, 6.07) is 26.0. The molecule has 1 fully saturated rings. The van der Waals surface area contributed by atoms with Crippen molar-refractivity contribution in [2.45, 2.75) is 31.7 Å². The van der Waals surface area contributed by atoms with Crippen LogP contribution in [0, 0.1) is 0 Å². The number of benzene rings is 3. The minimum atomic E-state index is -0.187. The predicted molar refractivity (Wildman–Crippen MR) is 133 cm³/mol. The van der Waals surface area contributed by atoms with Crippen molar-refractivity contribution < 1.29 is 14.4 Å². The van der Waals surface area contributed by atoms with Crippen molar-refractivity contribution in [1.82, 2.24) is 10.2 Å². The Balaban J connectivity index is 1.22. The summed E-state index contributed by atoms with van der Waals surface area (Å²) in [5.41, 5.74) is 2.96. The minimum absolute atomic E-state index is 0.0326. The van der Waals surface area contributed by atoms with Crippen LogP contribution >= 0.6 is 0 Å². The van der Waals surface area contributed by atoms with E-state index < -0.39 is 0 Å².